The molecule has 0 bridgehead atoms. The van der Waals surface area contributed by atoms with Gasteiger partial charge in [0.1, 0.15) is 12.9 Å². The van der Waals surface area contributed by atoms with Crippen molar-refractivity contribution < 1.29 is 9.15 Å². The van der Waals surface area contributed by atoms with Crippen LogP contribution in [0.5, 0.6) is 5.75 Å². The quantitative estimate of drug-likeness (QED) is 0.713. The van der Waals surface area contributed by atoms with E-state index in [-0.39, 0.29) is 0 Å². The predicted molar refractivity (Wildman–Crippen MR) is 45.1 cm³/mol. The van der Waals surface area contributed by atoms with E-state index in [0.717, 1.165) is 5.69 Å². The molecule has 0 N–H and O–H groups in total. The van der Waals surface area contributed by atoms with Crippen LogP contribution in [0.1, 0.15) is 5.69 Å². The minimum atomic E-state index is 0.410. The van der Waals surface area contributed by atoms with E-state index in [1.54, 1.807) is 30.9 Å². The maximum absolute atomic E-state index is 5.34. The van der Waals surface area contributed by atoms with Crippen molar-refractivity contribution in [2.45, 2.75) is 6.61 Å². The van der Waals surface area contributed by atoms with E-state index in [0.29, 0.717) is 12.4 Å². The molecule has 0 amide bonds. The van der Waals surface area contributed by atoms with E-state index in [9.17, 15) is 0 Å². The van der Waals surface area contributed by atoms with Crippen molar-refractivity contribution in [3.8, 4) is 5.75 Å². The highest BCUT2D eigenvalue weighted by Gasteiger charge is 1.96. The normalized spacial score (nSPS) is 9.85. The molecule has 0 saturated heterocycles. The molecule has 2 aromatic heterocycles. The average Bonchev–Trinajstić information content (AvgIpc) is 2.69. The summed E-state index contributed by atoms with van der Waals surface area (Å²) in [7, 11) is 0. The molecule has 0 unspecified atom stereocenters. The minimum Gasteiger partial charge on any atom is -0.484 e. The molecule has 4 heteroatoms. The van der Waals surface area contributed by atoms with Gasteiger partial charge in [0.2, 0.25) is 0 Å². The third-order valence-corrected chi connectivity index (χ3v) is 1.50. The molecule has 0 aliphatic rings. The van der Waals surface area contributed by atoms with Gasteiger partial charge in [-0.3, -0.25) is 9.97 Å². The van der Waals surface area contributed by atoms with E-state index in [2.05, 4.69) is 9.97 Å². The number of hydrogen-bond acceptors (Lipinski definition) is 4. The van der Waals surface area contributed by atoms with Gasteiger partial charge in [-0.2, -0.15) is 0 Å². The van der Waals surface area contributed by atoms with Crippen LogP contribution in [0.25, 0.3) is 0 Å². The fourth-order valence-corrected chi connectivity index (χ4v) is 0.896. The molecule has 0 saturated carbocycles. The molecule has 0 spiro atoms. The Morgan fingerprint density at radius 3 is 3.08 bits per heavy atom. The second-order valence-corrected chi connectivity index (χ2v) is 2.44. The Balaban J connectivity index is 1.94. The van der Waals surface area contributed by atoms with Gasteiger partial charge in [-0.05, 0) is 0 Å². The van der Waals surface area contributed by atoms with Gasteiger partial charge in [0.25, 0.3) is 0 Å². The van der Waals surface area contributed by atoms with Crippen LogP contribution in [0.15, 0.2) is 41.6 Å². The van der Waals surface area contributed by atoms with Gasteiger partial charge in [0.05, 0.1) is 18.2 Å². The Bertz CT molecular complexity index is 345. The maximum Gasteiger partial charge on any atom is 0.157 e. The zero-order valence-electron chi connectivity index (χ0n) is 6.88. The molecule has 0 aliphatic heterocycles. The van der Waals surface area contributed by atoms with E-state index >= 15 is 0 Å². The number of aromatic nitrogens is 2. The summed E-state index contributed by atoms with van der Waals surface area (Å²) in [5.74, 6) is 0.700. The molecule has 2 heterocycles. The Kier molecular flexibility index (Phi) is 2.22. The monoisotopic (exact) mass is 176 g/mol. The van der Waals surface area contributed by atoms with E-state index in [1.165, 1.54) is 6.26 Å². The summed E-state index contributed by atoms with van der Waals surface area (Å²) in [6, 6.07) is 1.75. The smallest absolute Gasteiger partial charge is 0.157 e. The fraction of sp³-hybridized carbons (Fsp3) is 0.111. The largest absolute Gasteiger partial charge is 0.484 e. The van der Waals surface area contributed by atoms with Crippen molar-refractivity contribution in [2.75, 3.05) is 0 Å². The first-order chi connectivity index (χ1) is 6.45. The maximum atomic E-state index is 5.34. The highest BCUT2D eigenvalue weighted by atomic mass is 16.5. The molecule has 2 aromatic rings. The summed E-state index contributed by atoms with van der Waals surface area (Å²) >= 11 is 0. The lowest BCUT2D eigenvalue weighted by Gasteiger charge is -2.00. The molecule has 0 aromatic carbocycles. The Labute approximate surface area is 75.2 Å². The van der Waals surface area contributed by atoms with Crippen molar-refractivity contribution in [3.63, 3.8) is 0 Å². The van der Waals surface area contributed by atoms with Crippen molar-refractivity contribution in [3.05, 3.63) is 42.9 Å². The Morgan fingerprint density at radius 1 is 1.38 bits per heavy atom. The van der Waals surface area contributed by atoms with Gasteiger partial charge in [0, 0.05) is 18.5 Å². The van der Waals surface area contributed by atoms with Crippen molar-refractivity contribution in [1.82, 2.24) is 9.97 Å². The molecule has 66 valence electrons. The van der Waals surface area contributed by atoms with Crippen LogP contribution >= 0.6 is 0 Å². The fourth-order valence-electron chi connectivity index (χ4n) is 0.896. The lowest BCUT2D eigenvalue weighted by molar-refractivity contribution is 0.297. The predicted octanol–water partition coefficient (Wildman–Crippen LogP) is 1.65. The van der Waals surface area contributed by atoms with Crippen LogP contribution in [0.2, 0.25) is 0 Å². The highest BCUT2D eigenvalue weighted by molar-refractivity contribution is 5.13. The topological polar surface area (TPSA) is 48.2 Å². The molecule has 0 fully saturated rings. The lowest BCUT2D eigenvalue weighted by Crippen LogP contribution is -1.97. The molecular weight excluding hydrogens is 168 g/mol. The molecule has 0 atom stereocenters. The van der Waals surface area contributed by atoms with Crippen LogP contribution in [0.3, 0.4) is 0 Å². The number of ether oxygens (including phenoxy) is 1. The standard InChI is InChI=1S/C9H8N2O2/c1-4-12-7-9(1)13-6-8-5-10-2-3-11-8/h1-5,7H,6H2. The lowest BCUT2D eigenvalue weighted by atomic mass is 10.5. The molecule has 13 heavy (non-hydrogen) atoms. The van der Waals surface area contributed by atoms with Crippen molar-refractivity contribution in [2.24, 2.45) is 0 Å². The first-order valence-electron chi connectivity index (χ1n) is 3.85. The second kappa shape index (κ2) is 3.71. The summed E-state index contributed by atoms with van der Waals surface area (Å²) in [4.78, 5) is 7.98. The summed E-state index contributed by atoms with van der Waals surface area (Å²) in [6.45, 7) is 0.410. The molecule has 4 nitrogen and oxygen atoms in total. The van der Waals surface area contributed by atoms with Gasteiger partial charge in [-0.25, -0.2) is 0 Å². The summed E-state index contributed by atoms with van der Waals surface area (Å²) in [5.41, 5.74) is 0.795. The summed E-state index contributed by atoms with van der Waals surface area (Å²) < 4.78 is 10.2. The van der Waals surface area contributed by atoms with E-state index in [1.807, 2.05) is 0 Å². The zero-order chi connectivity index (χ0) is 8.93. The minimum absolute atomic E-state index is 0.410. The Hall–Kier alpha value is -1.84. The van der Waals surface area contributed by atoms with Gasteiger partial charge < -0.3 is 9.15 Å². The first kappa shape index (κ1) is 7.79. The number of rotatable bonds is 3. The van der Waals surface area contributed by atoms with Crippen LogP contribution in [0, 0.1) is 0 Å². The third-order valence-electron chi connectivity index (χ3n) is 1.50. The molecular formula is C9H8N2O2. The van der Waals surface area contributed by atoms with Crippen molar-refractivity contribution in [1.29, 1.82) is 0 Å². The van der Waals surface area contributed by atoms with Crippen LogP contribution in [-0.4, -0.2) is 9.97 Å². The first-order valence-corrected chi connectivity index (χ1v) is 3.85. The van der Waals surface area contributed by atoms with Gasteiger partial charge in [-0.1, -0.05) is 0 Å². The molecule has 0 radical (unpaired) electrons. The van der Waals surface area contributed by atoms with Crippen molar-refractivity contribution >= 4 is 0 Å². The van der Waals surface area contributed by atoms with Gasteiger partial charge in [-0.15, -0.1) is 0 Å². The van der Waals surface area contributed by atoms with Gasteiger partial charge in [0.15, 0.2) is 5.75 Å². The van der Waals surface area contributed by atoms with Crippen LogP contribution < -0.4 is 4.74 Å². The number of furan rings is 1. The molecule has 2 rings (SSSR count). The number of nitrogens with zero attached hydrogens (tertiary/aromatic N) is 2. The molecule has 0 aliphatic carbocycles. The summed E-state index contributed by atoms with van der Waals surface area (Å²) in [6.07, 6.45) is 8.03. The van der Waals surface area contributed by atoms with Gasteiger partial charge >= 0.3 is 0 Å². The Morgan fingerprint density at radius 2 is 2.38 bits per heavy atom. The third kappa shape index (κ3) is 2.05. The van der Waals surface area contributed by atoms with E-state index < -0.39 is 0 Å². The van der Waals surface area contributed by atoms with E-state index in [4.69, 9.17) is 9.15 Å². The SMILES string of the molecule is c1cnc(COc2ccoc2)cn1. The number of hydrogen-bond donors (Lipinski definition) is 0. The highest BCUT2D eigenvalue weighted by Crippen LogP contribution is 2.11. The second-order valence-electron chi connectivity index (χ2n) is 2.44. The zero-order valence-corrected chi connectivity index (χ0v) is 6.88. The average molecular weight is 176 g/mol. The van der Waals surface area contributed by atoms with Crippen LogP contribution in [-0.2, 0) is 6.61 Å². The van der Waals surface area contributed by atoms with Crippen LogP contribution in [0.4, 0.5) is 0 Å². The summed E-state index contributed by atoms with van der Waals surface area (Å²) in [5, 5.41) is 0.